The minimum Gasteiger partial charge on any atom is -0.481 e. The molecule has 3 nitrogen and oxygen atoms in total. The molecule has 0 aliphatic heterocycles. The van der Waals surface area contributed by atoms with Gasteiger partial charge in [0.05, 0.1) is 5.41 Å². The van der Waals surface area contributed by atoms with E-state index in [1.807, 2.05) is 0 Å². The number of carbonyl (C=O) groups is 1. The van der Waals surface area contributed by atoms with Crippen LogP contribution >= 0.6 is 0 Å². The maximum absolute atomic E-state index is 11.0. The summed E-state index contributed by atoms with van der Waals surface area (Å²) in [6.45, 7) is 6.77. The van der Waals surface area contributed by atoms with Crippen LogP contribution in [0.2, 0.25) is 0 Å². The molecule has 1 aliphatic rings. The second-order valence-corrected chi connectivity index (χ2v) is 5.04. The molecule has 0 saturated heterocycles. The number of carboxylic acids is 1. The third-order valence-corrected chi connectivity index (χ3v) is 2.72. The summed E-state index contributed by atoms with van der Waals surface area (Å²) in [6, 6.07) is 0. The number of hydrogen-bond acceptors (Lipinski definition) is 2. The van der Waals surface area contributed by atoms with Gasteiger partial charge in [0.15, 0.2) is 0 Å². The van der Waals surface area contributed by atoms with Crippen LogP contribution in [0, 0.1) is 5.41 Å². The molecule has 0 aromatic carbocycles. The van der Waals surface area contributed by atoms with Crippen LogP contribution in [0.25, 0.3) is 0 Å². The first kappa shape index (κ1) is 10.5. The van der Waals surface area contributed by atoms with E-state index in [1.54, 1.807) is 0 Å². The zero-order valence-electron chi connectivity index (χ0n) is 8.68. The van der Waals surface area contributed by atoms with Gasteiger partial charge in [-0.1, -0.05) is 6.42 Å². The Bertz CT molecular complexity index is 201. The lowest BCUT2D eigenvalue weighted by molar-refractivity contribution is -0.154. The molecule has 0 atom stereocenters. The SMILES string of the molecule is CC(C)(C)NCC1(C(=O)O)CCC1. The first-order valence-electron chi connectivity index (χ1n) is 4.84. The molecule has 0 aromatic rings. The van der Waals surface area contributed by atoms with Gasteiger partial charge in [-0.25, -0.2) is 0 Å². The zero-order valence-corrected chi connectivity index (χ0v) is 8.68. The summed E-state index contributed by atoms with van der Waals surface area (Å²) in [7, 11) is 0. The molecule has 76 valence electrons. The second kappa shape index (κ2) is 3.29. The highest BCUT2D eigenvalue weighted by atomic mass is 16.4. The molecule has 0 aromatic heterocycles. The number of hydrogen-bond donors (Lipinski definition) is 2. The van der Waals surface area contributed by atoms with E-state index in [0.29, 0.717) is 6.54 Å². The van der Waals surface area contributed by atoms with Crippen molar-refractivity contribution >= 4 is 5.97 Å². The van der Waals surface area contributed by atoms with Crippen molar-refractivity contribution in [3.05, 3.63) is 0 Å². The standard InChI is InChI=1S/C10H19NO2/c1-9(2,3)11-7-10(8(12)13)5-4-6-10/h11H,4-7H2,1-3H3,(H,12,13). The van der Waals surface area contributed by atoms with E-state index in [-0.39, 0.29) is 5.54 Å². The highest BCUT2D eigenvalue weighted by Crippen LogP contribution is 2.40. The monoisotopic (exact) mass is 185 g/mol. The van der Waals surface area contributed by atoms with E-state index in [0.717, 1.165) is 19.3 Å². The van der Waals surface area contributed by atoms with Crippen LogP contribution in [-0.2, 0) is 4.79 Å². The molecule has 1 aliphatic carbocycles. The lowest BCUT2D eigenvalue weighted by Crippen LogP contribution is -2.50. The van der Waals surface area contributed by atoms with E-state index in [4.69, 9.17) is 5.11 Å². The lowest BCUT2D eigenvalue weighted by Gasteiger charge is -2.39. The van der Waals surface area contributed by atoms with Gasteiger partial charge in [0.2, 0.25) is 0 Å². The van der Waals surface area contributed by atoms with E-state index in [2.05, 4.69) is 26.1 Å². The van der Waals surface area contributed by atoms with Crippen LogP contribution in [0.5, 0.6) is 0 Å². The quantitative estimate of drug-likeness (QED) is 0.702. The summed E-state index contributed by atoms with van der Waals surface area (Å²) < 4.78 is 0. The van der Waals surface area contributed by atoms with Gasteiger partial charge in [-0.05, 0) is 33.6 Å². The Kier molecular flexibility index (Phi) is 2.66. The summed E-state index contributed by atoms with van der Waals surface area (Å²) in [5.41, 5.74) is -0.453. The second-order valence-electron chi connectivity index (χ2n) is 5.04. The summed E-state index contributed by atoms with van der Waals surface area (Å²) >= 11 is 0. The van der Waals surface area contributed by atoms with E-state index < -0.39 is 11.4 Å². The Labute approximate surface area is 79.5 Å². The van der Waals surface area contributed by atoms with Crippen molar-refractivity contribution in [1.29, 1.82) is 0 Å². The van der Waals surface area contributed by atoms with Crippen molar-refractivity contribution in [3.63, 3.8) is 0 Å². The molecule has 1 rings (SSSR count). The highest BCUT2D eigenvalue weighted by molar-refractivity contribution is 5.76. The zero-order chi connectivity index (χ0) is 10.1. The number of aliphatic carboxylic acids is 1. The minimum atomic E-state index is -0.643. The largest absolute Gasteiger partial charge is 0.481 e. The molecule has 0 bridgehead atoms. The molecule has 3 heteroatoms. The minimum absolute atomic E-state index is 0.0119. The summed E-state index contributed by atoms with van der Waals surface area (Å²) in [5.74, 6) is -0.643. The van der Waals surface area contributed by atoms with Crippen LogP contribution < -0.4 is 5.32 Å². The van der Waals surface area contributed by atoms with Gasteiger partial charge in [0, 0.05) is 12.1 Å². The molecule has 0 spiro atoms. The summed E-state index contributed by atoms with van der Waals surface area (Å²) in [5, 5.41) is 12.3. The Balaban J connectivity index is 2.46. The predicted octanol–water partition coefficient (Wildman–Crippen LogP) is 1.63. The molecular formula is C10H19NO2. The topological polar surface area (TPSA) is 49.3 Å². The van der Waals surface area contributed by atoms with Crippen molar-refractivity contribution in [3.8, 4) is 0 Å². The molecule has 0 amide bonds. The lowest BCUT2D eigenvalue weighted by atomic mass is 9.68. The average molecular weight is 185 g/mol. The van der Waals surface area contributed by atoms with Gasteiger partial charge in [0.1, 0.15) is 0 Å². The van der Waals surface area contributed by atoms with Crippen LogP contribution in [0.3, 0.4) is 0 Å². The fourth-order valence-electron chi connectivity index (χ4n) is 1.50. The first-order chi connectivity index (χ1) is 5.86. The number of nitrogens with one attached hydrogen (secondary N) is 1. The number of rotatable bonds is 3. The molecule has 2 N–H and O–H groups in total. The first-order valence-corrected chi connectivity index (χ1v) is 4.84. The summed E-state index contributed by atoms with van der Waals surface area (Å²) in [4.78, 5) is 11.0. The third kappa shape index (κ3) is 2.44. The third-order valence-electron chi connectivity index (χ3n) is 2.72. The van der Waals surface area contributed by atoms with Crippen LogP contribution in [0.1, 0.15) is 40.0 Å². The van der Waals surface area contributed by atoms with Crippen molar-refractivity contribution in [2.45, 2.75) is 45.6 Å². The van der Waals surface area contributed by atoms with Crippen molar-refractivity contribution in [2.24, 2.45) is 5.41 Å². The molecule has 0 radical (unpaired) electrons. The Morgan fingerprint density at radius 2 is 2.00 bits per heavy atom. The fraction of sp³-hybridized carbons (Fsp3) is 0.900. The van der Waals surface area contributed by atoms with Crippen LogP contribution in [-0.4, -0.2) is 23.2 Å². The van der Waals surface area contributed by atoms with Crippen LogP contribution in [0.4, 0.5) is 0 Å². The maximum Gasteiger partial charge on any atom is 0.310 e. The van der Waals surface area contributed by atoms with Gasteiger partial charge < -0.3 is 10.4 Å². The Morgan fingerprint density at radius 1 is 1.46 bits per heavy atom. The average Bonchev–Trinajstić information content (AvgIpc) is 1.80. The van der Waals surface area contributed by atoms with Crippen molar-refractivity contribution in [1.82, 2.24) is 5.32 Å². The smallest absolute Gasteiger partial charge is 0.310 e. The van der Waals surface area contributed by atoms with Crippen molar-refractivity contribution < 1.29 is 9.90 Å². The van der Waals surface area contributed by atoms with Gasteiger partial charge in [-0.15, -0.1) is 0 Å². The van der Waals surface area contributed by atoms with E-state index in [1.165, 1.54) is 0 Å². The van der Waals surface area contributed by atoms with E-state index >= 15 is 0 Å². The molecule has 13 heavy (non-hydrogen) atoms. The van der Waals surface area contributed by atoms with Crippen LogP contribution in [0.15, 0.2) is 0 Å². The maximum atomic E-state index is 11.0. The Hall–Kier alpha value is -0.570. The van der Waals surface area contributed by atoms with Crippen molar-refractivity contribution in [2.75, 3.05) is 6.54 Å². The molecular weight excluding hydrogens is 166 g/mol. The molecule has 0 unspecified atom stereocenters. The molecule has 1 saturated carbocycles. The Morgan fingerprint density at radius 3 is 2.23 bits per heavy atom. The summed E-state index contributed by atoms with van der Waals surface area (Å²) in [6.07, 6.45) is 2.70. The normalized spacial score (nSPS) is 20.8. The van der Waals surface area contributed by atoms with Gasteiger partial charge in [-0.2, -0.15) is 0 Å². The predicted molar refractivity (Wildman–Crippen MR) is 51.7 cm³/mol. The van der Waals surface area contributed by atoms with Gasteiger partial charge >= 0.3 is 5.97 Å². The molecule has 0 heterocycles. The van der Waals surface area contributed by atoms with E-state index in [9.17, 15) is 4.79 Å². The van der Waals surface area contributed by atoms with Gasteiger partial charge in [-0.3, -0.25) is 4.79 Å². The highest BCUT2D eigenvalue weighted by Gasteiger charge is 2.44. The molecule has 1 fully saturated rings. The fourth-order valence-corrected chi connectivity index (χ4v) is 1.50. The van der Waals surface area contributed by atoms with Gasteiger partial charge in [0.25, 0.3) is 0 Å². The number of carboxylic acid groups (broad SMARTS) is 1.